The highest BCUT2D eigenvalue weighted by molar-refractivity contribution is 7.86. The summed E-state index contributed by atoms with van der Waals surface area (Å²) in [5.41, 5.74) is 7.06. The molecule has 3 rings (SSSR count). The third-order valence-corrected chi connectivity index (χ3v) is 7.06. The quantitative estimate of drug-likeness (QED) is 0.821. The minimum Gasteiger partial charge on any atom is -0.383 e. The zero-order valence-corrected chi connectivity index (χ0v) is 15.4. The maximum atomic E-state index is 12.4. The number of aromatic nitrogens is 2. The summed E-state index contributed by atoms with van der Waals surface area (Å²) in [5.74, 6) is 1.27. The van der Waals surface area contributed by atoms with Crippen LogP contribution in [-0.2, 0) is 17.2 Å². The van der Waals surface area contributed by atoms with Crippen molar-refractivity contribution in [2.24, 2.45) is 0 Å². The first kappa shape index (κ1) is 17.0. The van der Waals surface area contributed by atoms with E-state index < -0.39 is 10.8 Å². The van der Waals surface area contributed by atoms with Crippen LogP contribution in [0.2, 0.25) is 5.28 Å². The van der Waals surface area contributed by atoms with Gasteiger partial charge in [-0.2, -0.15) is 0 Å². The third-order valence-electron chi connectivity index (χ3n) is 4.81. The second-order valence-electron chi connectivity index (χ2n) is 6.76. The van der Waals surface area contributed by atoms with Crippen LogP contribution in [0.1, 0.15) is 51.5 Å². The summed E-state index contributed by atoms with van der Waals surface area (Å²) in [7, 11) is -0.804. The molecule has 1 unspecified atom stereocenters. The Labute approximate surface area is 145 Å². The van der Waals surface area contributed by atoms with Crippen molar-refractivity contribution < 1.29 is 4.21 Å². The zero-order chi connectivity index (χ0) is 16.6. The fourth-order valence-corrected chi connectivity index (χ4v) is 5.07. The SMILES string of the molecule is C[C@@H]1CCCCN1c1nc(Cl)nc(N)c1C[C@H](C)S(=O)C1CC1. The predicted octanol–water partition coefficient (Wildman–Crippen LogP) is 2.93. The van der Waals surface area contributed by atoms with Crippen molar-refractivity contribution in [2.45, 2.75) is 68.9 Å². The van der Waals surface area contributed by atoms with Crippen LogP contribution in [0.3, 0.4) is 0 Å². The molecule has 1 saturated carbocycles. The normalized spacial score (nSPS) is 24.5. The molecule has 128 valence electrons. The number of nitrogen functional groups attached to an aromatic ring is 1. The molecule has 1 aliphatic carbocycles. The lowest BCUT2D eigenvalue weighted by Crippen LogP contribution is -2.39. The molecule has 5 nitrogen and oxygen atoms in total. The van der Waals surface area contributed by atoms with Crippen molar-refractivity contribution in [3.8, 4) is 0 Å². The van der Waals surface area contributed by atoms with Gasteiger partial charge in [0.1, 0.15) is 11.6 Å². The van der Waals surface area contributed by atoms with E-state index in [0.29, 0.717) is 23.5 Å². The van der Waals surface area contributed by atoms with Gasteiger partial charge < -0.3 is 10.6 Å². The number of piperidine rings is 1. The van der Waals surface area contributed by atoms with Gasteiger partial charge in [0, 0.05) is 39.4 Å². The molecule has 0 aromatic carbocycles. The first-order chi connectivity index (χ1) is 11.0. The fraction of sp³-hybridized carbons (Fsp3) is 0.750. The Kier molecular flexibility index (Phi) is 5.11. The van der Waals surface area contributed by atoms with Crippen LogP contribution in [-0.4, -0.2) is 37.3 Å². The second kappa shape index (κ2) is 6.93. The Hall–Kier alpha value is -0.880. The van der Waals surface area contributed by atoms with E-state index in [2.05, 4.69) is 21.8 Å². The van der Waals surface area contributed by atoms with E-state index in [0.717, 1.165) is 43.6 Å². The second-order valence-corrected chi connectivity index (χ2v) is 9.23. The van der Waals surface area contributed by atoms with Crippen molar-refractivity contribution in [3.05, 3.63) is 10.8 Å². The highest BCUT2D eigenvalue weighted by atomic mass is 35.5. The van der Waals surface area contributed by atoms with Crippen molar-refractivity contribution >= 4 is 34.0 Å². The number of nitrogens with zero attached hydrogens (tertiary/aromatic N) is 3. The van der Waals surface area contributed by atoms with Crippen LogP contribution in [0.4, 0.5) is 11.6 Å². The summed E-state index contributed by atoms with van der Waals surface area (Å²) in [6.07, 6.45) is 6.34. The van der Waals surface area contributed by atoms with Gasteiger partial charge in [-0.05, 0) is 57.0 Å². The molecule has 7 heteroatoms. The lowest BCUT2D eigenvalue weighted by atomic mass is 10.0. The number of hydrogen-bond acceptors (Lipinski definition) is 5. The van der Waals surface area contributed by atoms with Crippen LogP contribution < -0.4 is 10.6 Å². The summed E-state index contributed by atoms with van der Waals surface area (Å²) in [4.78, 5) is 10.9. The molecule has 2 heterocycles. The number of hydrogen-bond donors (Lipinski definition) is 1. The van der Waals surface area contributed by atoms with E-state index in [1.807, 2.05) is 6.92 Å². The zero-order valence-electron chi connectivity index (χ0n) is 13.8. The molecule has 0 amide bonds. The van der Waals surface area contributed by atoms with Gasteiger partial charge in [0.25, 0.3) is 0 Å². The van der Waals surface area contributed by atoms with Gasteiger partial charge in [-0.1, -0.05) is 6.92 Å². The third kappa shape index (κ3) is 3.79. The van der Waals surface area contributed by atoms with Crippen LogP contribution in [0.25, 0.3) is 0 Å². The van der Waals surface area contributed by atoms with Gasteiger partial charge in [-0.3, -0.25) is 4.21 Å². The molecule has 2 fully saturated rings. The first-order valence-corrected chi connectivity index (χ1v) is 10.1. The van der Waals surface area contributed by atoms with Gasteiger partial charge in [0.05, 0.1) is 0 Å². The Morgan fingerprint density at radius 3 is 2.74 bits per heavy atom. The lowest BCUT2D eigenvalue weighted by Gasteiger charge is -2.36. The highest BCUT2D eigenvalue weighted by Gasteiger charge is 2.33. The van der Waals surface area contributed by atoms with Gasteiger partial charge in [-0.15, -0.1) is 0 Å². The van der Waals surface area contributed by atoms with Crippen LogP contribution >= 0.6 is 11.6 Å². The van der Waals surface area contributed by atoms with E-state index in [1.165, 1.54) is 6.42 Å². The molecule has 23 heavy (non-hydrogen) atoms. The monoisotopic (exact) mass is 356 g/mol. The van der Waals surface area contributed by atoms with Crippen molar-refractivity contribution in [1.29, 1.82) is 0 Å². The molecule has 0 spiro atoms. The lowest BCUT2D eigenvalue weighted by molar-refractivity contribution is 0.479. The Morgan fingerprint density at radius 2 is 2.09 bits per heavy atom. The molecule has 1 aliphatic heterocycles. The average Bonchev–Trinajstić information content (AvgIpc) is 3.34. The molecule has 2 aliphatic rings. The van der Waals surface area contributed by atoms with Gasteiger partial charge in [-0.25, -0.2) is 9.97 Å². The molecule has 0 bridgehead atoms. The highest BCUT2D eigenvalue weighted by Crippen LogP contribution is 2.33. The maximum Gasteiger partial charge on any atom is 0.226 e. The minimum absolute atomic E-state index is 0.0634. The summed E-state index contributed by atoms with van der Waals surface area (Å²) >= 11 is 6.06. The van der Waals surface area contributed by atoms with Crippen LogP contribution in [0.5, 0.6) is 0 Å². The number of rotatable bonds is 5. The Morgan fingerprint density at radius 1 is 1.35 bits per heavy atom. The molecular formula is C16H25ClN4OS. The summed E-state index contributed by atoms with van der Waals surface area (Å²) in [6.45, 7) is 5.20. The first-order valence-electron chi connectivity index (χ1n) is 8.45. The summed E-state index contributed by atoms with van der Waals surface area (Å²) < 4.78 is 12.4. The van der Waals surface area contributed by atoms with Gasteiger partial charge in [0.2, 0.25) is 5.28 Å². The summed E-state index contributed by atoms with van der Waals surface area (Å²) in [5, 5.41) is 0.625. The molecule has 1 aromatic heterocycles. The largest absolute Gasteiger partial charge is 0.383 e. The van der Waals surface area contributed by atoms with E-state index in [1.54, 1.807) is 0 Å². The molecule has 2 N–H and O–H groups in total. The van der Waals surface area contributed by atoms with Crippen molar-refractivity contribution in [3.63, 3.8) is 0 Å². The van der Waals surface area contributed by atoms with Crippen LogP contribution in [0.15, 0.2) is 0 Å². The van der Waals surface area contributed by atoms with E-state index in [-0.39, 0.29) is 10.5 Å². The van der Waals surface area contributed by atoms with E-state index >= 15 is 0 Å². The molecule has 1 aromatic rings. The topological polar surface area (TPSA) is 72.1 Å². The molecule has 3 atom stereocenters. The van der Waals surface area contributed by atoms with Crippen molar-refractivity contribution in [1.82, 2.24) is 9.97 Å². The fourth-order valence-electron chi connectivity index (χ4n) is 3.31. The van der Waals surface area contributed by atoms with Gasteiger partial charge in [0.15, 0.2) is 0 Å². The van der Waals surface area contributed by atoms with Crippen molar-refractivity contribution in [2.75, 3.05) is 17.2 Å². The molecular weight excluding hydrogens is 332 g/mol. The Bertz CT molecular complexity index is 608. The van der Waals surface area contributed by atoms with E-state index in [4.69, 9.17) is 17.3 Å². The average molecular weight is 357 g/mol. The smallest absolute Gasteiger partial charge is 0.226 e. The maximum absolute atomic E-state index is 12.4. The standard InChI is InChI=1S/C16H25ClN4OS/c1-10-5-3-4-8-21(10)15-13(14(18)19-16(17)20-15)9-11(2)23(22)12-6-7-12/h10-12H,3-9H2,1-2H3,(H2,18,19,20)/t10-,11+,23?/m1/s1. The minimum atomic E-state index is -0.804. The predicted molar refractivity (Wildman–Crippen MR) is 96.4 cm³/mol. The van der Waals surface area contributed by atoms with Crippen LogP contribution in [0, 0.1) is 0 Å². The molecule has 1 saturated heterocycles. The summed E-state index contributed by atoms with van der Waals surface area (Å²) in [6, 6.07) is 0.414. The number of halogens is 1. The molecule has 0 radical (unpaired) electrons. The number of nitrogens with two attached hydrogens (primary N) is 1. The van der Waals surface area contributed by atoms with Gasteiger partial charge >= 0.3 is 0 Å². The van der Waals surface area contributed by atoms with E-state index in [9.17, 15) is 4.21 Å². The number of anilines is 2. The Balaban J connectivity index is 1.89.